The van der Waals surface area contributed by atoms with E-state index < -0.39 is 9.84 Å². The number of carbonyl (C=O) groups is 1. The summed E-state index contributed by atoms with van der Waals surface area (Å²) in [7, 11) is -3.29. The minimum atomic E-state index is -3.29. The Morgan fingerprint density at radius 1 is 1.40 bits per heavy atom. The SMILES string of the molecule is CS(=O)(=O)c1cccc(C(=O)NCC2CCCC2Br)c1. The van der Waals surface area contributed by atoms with Gasteiger partial charge in [0.05, 0.1) is 4.90 Å². The highest BCUT2D eigenvalue weighted by Gasteiger charge is 2.25. The van der Waals surface area contributed by atoms with Crippen molar-refractivity contribution in [3.63, 3.8) is 0 Å². The molecule has 0 saturated heterocycles. The molecule has 0 aromatic heterocycles. The third-order valence-corrected chi connectivity index (χ3v) is 5.93. The van der Waals surface area contributed by atoms with E-state index >= 15 is 0 Å². The van der Waals surface area contributed by atoms with Crippen LogP contribution in [0.1, 0.15) is 29.6 Å². The van der Waals surface area contributed by atoms with Crippen molar-refractivity contribution in [2.75, 3.05) is 12.8 Å². The molecule has 1 N–H and O–H groups in total. The number of alkyl halides is 1. The normalized spacial score (nSPS) is 22.7. The molecule has 2 atom stereocenters. The standard InChI is InChI=1S/C14H18BrNO3S/c1-20(18,19)12-6-2-4-10(8-12)14(17)16-9-11-5-3-7-13(11)15/h2,4,6,8,11,13H,3,5,7,9H2,1H3,(H,16,17). The number of halogens is 1. The molecule has 2 unspecified atom stereocenters. The highest BCUT2D eigenvalue weighted by Crippen LogP contribution is 2.30. The van der Waals surface area contributed by atoms with Gasteiger partial charge in [-0.3, -0.25) is 4.79 Å². The Bertz CT molecular complexity index is 600. The van der Waals surface area contributed by atoms with Crippen LogP contribution in [0.5, 0.6) is 0 Å². The van der Waals surface area contributed by atoms with Crippen LogP contribution in [-0.4, -0.2) is 32.0 Å². The zero-order valence-corrected chi connectivity index (χ0v) is 13.7. The summed E-state index contributed by atoms with van der Waals surface area (Å²) < 4.78 is 23.0. The molecular weight excluding hydrogens is 342 g/mol. The summed E-state index contributed by atoms with van der Waals surface area (Å²) in [5.74, 6) is 0.235. The lowest BCUT2D eigenvalue weighted by molar-refractivity contribution is 0.0947. The van der Waals surface area contributed by atoms with Crippen molar-refractivity contribution in [2.45, 2.75) is 29.0 Å². The maximum atomic E-state index is 12.1. The Hall–Kier alpha value is -0.880. The lowest BCUT2D eigenvalue weighted by Crippen LogP contribution is -2.31. The van der Waals surface area contributed by atoms with Crippen LogP contribution in [0.4, 0.5) is 0 Å². The van der Waals surface area contributed by atoms with E-state index in [1.54, 1.807) is 12.1 Å². The number of rotatable bonds is 4. The van der Waals surface area contributed by atoms with E-state index in [0.717, 1.165) is 19.1 Å². The van der Waals surface area contributed by atoms with Gasteiger partial charge in [-0.25, -0.2) is 8.42 Å². The Kier molecular flexibility index (Phi) is 4.86. The predicted molar refractivity (Wildman–Crippen MR) is 81.9 cm³/mol. The Morgan fingerprint density at radius 2 is 2.15 bits per heavy atom. The number of nitrogens with one attached hydrogen (secondary N) is 1. The summed E-state index contributed by atoms with van der Waals surface area (Å²) >= 11 is 3.62. The summed E-state index contributed by atoms with van der Waals surface area (Å²) in [5, 5.41) is 2.89. The third-order valence-electron chi connectivity index (χ3n) is 3.62. The molecule has 1 aliphatic rings. The summed E-state index contributed by atoms with van der Waals surface area (Å²) in [6, 6.07) is 6.14. The molecule has 0 bridgehead atoms. The van der Waals surface area contributed by atoms with Gasteiger partial charge in [0.15, 0.2) is 9.84 Å². The van der Waals surface area contributed by atoms with E-state index in [2.05, 4.69) is 21.2 Å². The van der Waals surface area contributed by atoms with Crippen molar-refractivity contribution in [1.82, 2.24) is 5.32 Å². The van der Waals surface area contributed by atoms with Crippen molar-refractivity contribution in [1.29, 1.82) is 0 Å². The van der Waals surface area contributed by atoms with Crippen molar-refractivity contribution >= 4 is 31.7 Å². The molecule has 0 aliphatic heterocycles. The molecule has 1 saturated carbocycles. The molecule has 2 rings (SSSR count). The van der Waals surface area contributed by atoms with Crippen LogP contribution >= 0.6 is 15.9 Å². The monoisotopic (exact) mass is 359 g/mol. The zero-order chi connectivity index (χ0) is 14.8. The van der Waals surface area contributed by atoms with Crippen molar-refractivity contribution < 1.29 is 13.2 Å². The first-order chi connectivity index (χ1) is 9.38. The number of amides is 1. The van der Waals surface area contributed by atoms with E-state index in [9.17, 15) is 13.2 Å². The second kappa shape index (κ2) is 6.26. The van der Waals surface area contributed by atoms with Crippen LogP contribution in [0.3, 0.4) is 0 Å². The number of carbonyl (C=O) groups excluding carboxylic acids is 1. The second-order valence-electron chi connectivity index (χ2n) is 5.22. The first-order valence-corrected chi connectivity index (χ1v) is 9.41. The van der Waals surface area contributed by atoms with E-state index in [1.165, 1.54) is 18.6 Å². The van der Waals surface area contributed by atoms with Gasteiger partial charge in [-0.1, -0.05) is 28.4 Å². The largest absolute Gasteiger partial charge is 0.352 e. The lowest BCUT2D eigenvalue weighted by atomic mass is 10.1. The molecule has 1 amide bonds. The van der Waals surface area contributed by atoms with Gasteiger partial charge in [0.2, 0.25) is 0 Å². The summed E-state index contributed by atoms with van der Waals surface area (Å²) in [6.07, 6.45) is 4.57. The maximum Gasteiger partial charge on any atom is 0.251 e. The van der Waals surface area contributed by atoms with Gasteiger partial charge in [-0.15, -0.1) is 0 Å². The van der Waals surface area contributed by atoms with Crippen LogP contribution in [-0.2, 0) is 9.84 Å². The Morgan fingerprint density at radius 3 is 2.75 bits per heavy atom. The van der Waals surface area contributed by atoms with Crippen LogP contribution in [0.15, 0.2) is 29.2 Å². The first kappa shape index (κ1) is 15.5. The predicted octanol–water partition coefficient (Wildman–Crippen LogP) is 2.38. The third kappa shape index (κ3) is 3.82. The van der Waals surface area contributed by atoms with E-state index in [4.69, 9.17) is 0 Å². The van der Waals surface area contributed by atoms with Gasteiger partial charge in [0.1, 0.15) is 0 Å². The zero-order valence-electron chi connectivity index (χ0n) is 11.3. The highest BCUT2D eigenvalue weighted by atomic mass is 79.9. The Labute approximate surface area is 128 Å². The minimum Gasteiger partial charge on any atom is -0.352 e. The summed E-state index contributed by atoms with van der Waals surface area (Å²) in [5.41, 5.74) is 0.386. The van der Waals surface area contributed by atoms with Crippen molar-refractivity contribution in [3.8, 4) is 0 Å². The lowest BCUT2D eigenvalue weighted by Gasteiger charge is -2.14. The maximum absolute atomic E-state index is 12.1. The average Bonchev–Trinajstić information content (AvgIpc) is 2.81. The number of benzene rings is 1. The number of hydrogen-bond acceptors (Lipinski definition) is 3. The topological polar surface area (TPSA) is 63.2 Å². The van der Waals surface area contributed by atoms with Crippen molar-refractivity contribution in [3.05, 3.63) is 29.8 Å². The minimum absolute atomic E-state index is 0.171. The molecule has 1 fully saturated rings. The van der Waals surface area contributed by atoms with Crippen molar-refractivity contribution in [2.24, 2.45) is 5.92 Å². The fourth-order valence-corrected chi connectivity index (χ4v) is 3.86. The van der Waals surface area contributed by atoms with Crippen LogP contribution < -0.4 is 5.32 Å². The molecule has 1 aromatic carbocycles. The van der Waals surface area contributed by atoms with Crippen LogP contribution in [0.2, 0.25) is 0 Å². The number of sulfone groups is 1. The highest BCUT2D eigenvalue weighted by molar-refractivity contribution is 9.09. The molecule has 0 heterocycles. The number of hydrogen-bond donors (Lipinski definition) is 1. The van der Waals surface area contributed by atoms with Gasteiger partial charge in [-0.05, 0) is 37.0 Å². The van der Waals surface area contributed by atoms with Gasteiger partial charge in [-0.2, -0.15) is 0 Å². The van der Waals surface area contributed by atoms with Gasteiger partial charge >= 0.3 is 0 Å². The smallest absolute Gasteiger partial charge is 0.251 e. The van der Waals surface area contributed by atoms with E-state index in [-0.39, 0.29) is 10.8 Å². The molecule has 4 nitrogen and oxygen atoms in total. The fraction of sp³-hybridized carbons (Fsp3) is 0.500. The van der Waals surface area contributed by atoms with E-state index in [0.29, 0.717) is 22.9 Å². The average molecular weight is 360 g/mol. The molecule has 1 aromatic rings. The van der Waals surface area contributed by atoms with Gasteiger partial charge < -0.3 is 5.32 Å². The van der Waals surface area contributed by atoms with Crippen LogP contribution in [0, 0.1) is 5.92 Å². The van der Waals surface area contributed by atoms with Gasteiger partial charge in [0, 0.05) is 23.2 Å². The van der Waals surface area contributed by atoms with E-state index in [1.807, 2.05) is 0 Å². The van der Waals surface area contributed by atoms with Crippen LogP contribution in [0.25, 0.3) is 0 Å². The quantitative estimate of drug-likeness (QED) is 0.839. The molecule has 0 radical (unpaired) electrons. The molecule has 6 heteroatoms. The Balaban J connectivity index is 2.02. The summed E-state index contributed by atoms with van der Waals surface area (Å²) in [6.45, 7) is 0.623. The molecule has 110 valence electrons. The molecular formula is C14H18BrNO3S. The molecule has 1 aliphatic carbocycles. The first-order valence-electron chi connectivity index (χ1n) is 6.60. The van der Waals surface area contributed by atoms with Gasteiger partial charge in [0.25, 0.3) is 5.91 Å². The second-order valence-corrected chi connectivity index (χ2v) is 8.41. The summed E-state index contributed by atoms with van der Waals surface area (Å²) in [4.78, 5) is 12.7. The molecule has 20 heavy (non-hydrogen) atoms. The molecule has 0 spiro atoms. The fourth-order valence-electron chi connectivity index (χ4n) is 2.42.